The van der Waals surface area contributed by atoms with Gasteiger partial charge in [-0.1, -0.05) is 19.1 Å². The number of ether oxygens (including phenoxy) is 2. The number of aliphatic hydroxyl groups is 1. The minimum absolute atomic E-state index is 0.0164. The lowest BCUT2D eigenvalue weighted by Crippen LogP contribution is -2.70. The molecule has 1 aromatic carbocycles. The van der Waals surface area contributed by atoms with Crippen molar-refractivity contribution < 1.29 is 71.7 Å². The highest BCUT2D eigenvalue weighted by molar-refractivity contribution is 5.26. The summed E-state index contributed by atoms with van der Waals surface area (Å²) in [7, 11) is 0. The number of alkyl halides is 13. The summed E-state index contributed by atoms with van der Waals surface area (Å²) in [5, 5.41) is 9.05. The van der Waals surface area contributed by atoms with Crippen molar-refractivity contribution in [1.82, 2.24) is 0 Å². The first kappa shape index (κ1) is 33.1. The van der Waals surface area contributed by atoms with Crippen LogP contribution in [0.2, 0.25) is 0 Å². The van der Waals surface area contributed by atoms with E-state index in [2.05, 4.69) is 0 Å². The second kappa shape index (κ2) is 11.4. The van der Waals surface area contributed by atoms with E-state index >= 15 is 0 Å². The van der Waals surface area contributed by atoms with Crippen molar-refractivity contribution in [3.63, 3.8) is 0 Å². The van der Waals surface area contributed by atoms with Gasteiger partial charge in [0.15, 0.2) is 0 Å². The van der Waals surface area contributed by atoms with Gasteiger partial charge in [-0.25, -0.2) is 0 Å². The van der Waals surface area contributed by atoms with Crippen LogP contribution in [0.3, 0.4) is 0 Å². The fraction of sp³-hybridized carbons (Fsp3) is 0.714. The summed E-state index contributed by atoms with van der Waals surface area (Å²) in [5.41, 5.74) is 0.606. The minimum atomic E-state index is -7.90. The predicted octanol–water partition coefficient (Wildman–Crippen LogP) is 7.12. The number of aliphatic hydroxyl groups excluding tert-OH is 1. The first-order valence-electron chi connectivity index (χ1n) is 10.5. The summed E-state index contributed by atoms with van der Waals surface area (Å²) in [6.07, 6.45) is -11.2. The summed E-state index contributed by atoms with van der Waals surface area (Å²) in [6.45, 7) is 2.60. The molecule has 0 saturated heterocycles. The van der Waals surface area contributed by atoms with Gasteiger partial charge in [0, 0.05) is 18.9 Å². The van der Waals surface area contributed by atoms with Crippen LogP contribution in [-0.4, -0.2) is 60.2 Å². The molecule has 216 valence electrons. The maximum atomic E-state index is 13.7. The Bertz CT molecular complexity index is 854. The largest absolute Gasteiger partial charge is 0.494 e. The highest BCUT2D eigenvalue weighted by atomic mass is 19.4. The third kappa shape index (κ3) is 6.73. The van der Waals surface area contributed by atoms with Gasteiger partial charge in [-0.3, -0.25) is 0 Å². The molecule has 0 fully saturated rings. The van der Waals surface area contributed by atoms with Crippen molar-refractivity contribution in [2.24, 2.45) is 5.92 Å². The number of hydrogen-bond donors (Lipinski definition) is 1. The Morgan fingerprint density at radius 3 is 1.68 bits per heavy atom. The van der Waals surface area contributed by atoms with Crippen molar-refractivity contribution in [3.05, 3.63) is 29.8 Å². The molecule has 37 heavy (non-hydrogen) atoms. The molecule has 0 saturated carbocycles. The van der Waals surface area contributed by atoms with E-state index in [0.717, 1.165) is 0 Å². The van der Waals surface area contributed by atoms with Gasteiger partial charge in [0.25, 0.3) is 0 Å². The molecule has 16 heteroatoms. The lowest BCUT2D eigenvalue weighted by atomic mass is 9.92. The Hall–Kier alpha value is -1.97. The van der Waals surface area contributed by atoms with E-state index in [4.69, 9.17) is 14.6 Å². The van der Waals surface area contributed by atoms with E-state index < -0.39 is 55.2 Å². The predicted molar refractivity (Wildman–Crippen MR) is 102 cm³/mol. The standard InChI is InChI=1S/C21H23F13O3/c1-12(10-35)13(2)37-11-14-4-6-15(7-5-14)36-9-3-8-16(22,23)17(24,25)18(26,27)19(28,29)20(30,31)21(32,33)34/h4-7,12-13,35H,3,8-11H2,1-2H3/t12-,13+/m0/s1. The molecule has 0 aliphatic heterocycles. The number of benzene rings is 1. The molecule has 0 unspecified atom stereocenters. The fourth-order valence-corrected chi connectivity index (χ4v) is 2.67. The van der Waals surface area contributed by atoms with Gasteiger partial charge >= 0.3 is 35.8 Å². The fourth-order valence-electron chi connectivity index (χ4n) is 2.67. The molecule has 0 aliphatic rings. The SMILES string of the molecule is C[C@@H](CO)[C@@H](C)OCc1ccc(OCCCC(F)(F)C(F)(F)C(F)(F)C(F)(F)C(F)(F)C(F)(F)F)cc1. The zero-order chi connectivity index (χ0) is 29.1. The first-order chi connectivity index (χ1) is 16.6. The zero-order valence-corrected chi connectivity index (χ0v) is 19.2. The molecule has 0 radical (unpaired) electrons. The van der Waals surface area contributed by atoms with Crippen LogP contribution in [0, 0.1) is 5.92 Å². The molecule has 0 spiro atoms. The lowest BCUT2D eigenvalue weighted by Gasteiger charge is -2.39. The summed E-state index contributed by atoms with van der Waals surface area (Å²) in [4.78, 5) is 0. The van der Waals surface area contributed by atoms with Crippen LogP contribution < -0.4 is 4.74 Å². The normalized spacial score (nSPS) is 16.0. The number of halogens is 13. The quantitative estimate of drug-likeness (QED) is 0.191. The smallest absolute Gasteiger partial charge is 0.460 e. The molecule has 0 aromatic heterocycles. The lowest BCUT2D eigenvalue weighted by molar-refractivity contribution is -0.440. The first-order valence-corrected chi connectivity index (χ1v) is 10.5. The Morgan fingerprint density at radius 1 is 0.730 bits per heavy atom. The van der Waals surface area contributed by atoms with Crippen LogP contribution in [0.1, 0.15) is 32.3 Å². The van der Waals surface area contributed by atoms with E-state index in [-0.39, 0.29) is 31.0 Å². The highest BCUT2D eigenvalue weighted by Gasteiger charge is 2.90. The zero-order valence-electron chi connectivity index (χ0n) is 19.2. The van der Waals surface area contributed by atoms with Gasteiger partial charge in [-0.05, 0) is 31.0 Å². The Kier molecular flexibility index (Phi) is 10.2. The molecule has 0 heterocycles. The highest BCUT2D eigenvalue weighted by Crippen LogP contribution is 2.60. The number of hydrogen-bond acceptors (Lipinski definition) is 3. The van der Waals surface area contributed by atoms with Crippen molar-refractivity contribution >= 4 is 0 Å². The Morgan fingerprint density at radius 2 is 1.22 bits per heavy atom. The van der Waals surface area contributed by atoms with E-state index in [0.29, 0.717) is 5.56 Å². The molecular weight excluding hydrogens is 547 g/mol. The third-order valence-corrected chi connectivity index (χ3v) is 5.43. The van der Waals surface area contributed by atoms with Gasteiger partial charge in [-0.15, -0.1) is 0 Å². The second-order valence-electron chi connectivity index (χ2n) is 8.27. The monoisotopic (exact) mass is 570 g/mol. The molecule has 1 N–H and O–H groups in total. The van der Waals surface area contributed by atoms with Crippen molar-refractivity contribution in [3.8, 4) is 5.75 Å². The van der Waals surface area contributed by atoms with Crippen LogP contribution in [-0.2, 0) is 11.3 Å². The average Bonchev–Trinajstić information content (AvgIpc) is 2.79. The minimum Gasteiger partial charge on any atom is -0.494 e. The van der Waals surface area contributed by atoms with E-state index in [1.54, 1.807) is 13.8 Å². The Labute approximate surface area is 202 Å². The second-order valence-corrected chi connectivity index (χ2v) is 8.27. The average molecular weight is 570 g/mol. The van der Waals surface area contributed by atoms with E-state index in [9.17, 15) is 57.1 Å². The molecule has 0 bridgehead atoms. The molecule has 3 nitrogen and oxygen atoms in total. The van der Waals surface area contributed by atoms with Gasteiger partial charge in [0.1, 0.15) is 5.75 Å². The molecule has 2 atom stereocenters. The summed E-state index contributed by atoms with van der Waals surface area (Å²) in [6, 6.07) is 5.49. The van der Waals surface area contributed by atoms with Gasteiger partial charge in [-0.2, -0.15) is 57.1 Å². The van der Waals surface area contributed by atoms with Crippen LogP contribution in [0.15, 0.2) is 24.3 Å². The van der Waals surface area contributed by atoms with Crippen molar-refractivity contribution in [2.75, 3.05) is 13.2 Å². The molecule has 0 amide bonds. The summed E-state index contributed by atoms with van der Waals surface area (Å²) >= 11 is 0. The van der Waals surface area contributed by atoms with E-state index in [1.165, 1.54) is 24.3 Å². The maximum absolute atomic E-state index is 13.7. The van der Waals surface area contributed by atoms with Crippen LogP contribution in [0.5, 0.6) is 5.75 Å². The van der Waals surface area contributed by atoms with Crippen molar-refractivity contribution in [2.45, 2.75) is 75.2 Å². The van der Waals surface area contributed by atoms with Crippen LogP contribution in [0.4, 0.5) is 57.1 Å². The van der Waals surface area contributed by atoms with E-state index in [1.807, 2.05) is 0 Å². The molecule has 1 aromatic rings. The van der Waals surface area contributed by atoms with Crippen LogP contribution >= 0.6 is 0 Å². The molecular formula is C21H23F13O3. The summed E-state index contributed by atoms with van der Waals surface area (Å²) in [5.74, 6) is -37.0. The van der Waals surface area contributed by atoms with Crippen LogP contribution in [0.25, 0.3) is 0 Å². The Balaban J connectivity index is 2.78. The maximum Gasteiger partial charge on any atom is 0.460 e. The topological polar surface area (TPSA) is 38.7 Å². The third-order valence-electron chi connectivity index (χ3n) is 5.43. The molecule has 1 rings (SSSR count). The van der Waals surface area contributed by atoms with Gasteiger partial charge in [0.2, 0.25) is 0 Å². The van der Waals surface area contributed by atoms with Crippen molar-refractivity contribution in [1.29, 1.82) is 0 Å². The molecule has 0 aliphatic carbocycles. The van der Waals surface area contributed by atoms with Gasteiger partial charge in [0.05, 0.1) is 19.3 Å². The number of rotatable bonds is 14. The van der Waals surface area contributed by atoms with Gasteiger partial charge < -0.3 is 14.6 Å². The summed E-state index contributed by atoms with van der Waals surface area (Å²) < 4.78 is 180.